The first kappa shape index (κ1) is 17.0. The van der Waals surface area contributed by atoms with Crippen LogP contribution >= 0.6 is 0 Å². The number of rotatable bonds is 4. The lowest BCUT2D eigenvalue weighted by Gasteiger charge is -2.22. The zero-order valence-electron chi connectivity index (χ0n) is 14.1. The molecule has 128 valence electrons. The average molecular weight is 325 g/mol. The molecule has 0 unspecified atom stereocenters. The van der Waals surface area contributed by atoms with Gasteiger partial charge in [0.1, 0.15) is 5.60 Å². The second-order valence-electron chi connectivity index (χ2n) is 6.19. The molecule has 1 amide bonds. The van der Waals surface area contributed by atoms with Gasteiger partial charge in [-0.3, -0.25) is 0 Å². The lowest BCUT2D eigenvalue weighted by atomic mass is 10.2. The maximum absolute atomic E-state index is 11.8. The lowest BCUT2D eigenvalue weighted by Crippen LogP contribution is -2.40. The van der Waals surface area contributed by atoms with Crippen LogP contribution in [0.3, 0.4) is 0 Å². The molecule has 2 heterocycles. The van der Waals surface area contributed by atoms with Gasteiger partial charge in [0.15, 0.2) is 0 Å². The van der Waals surface area contributed by atoms with E-state index in [-0.39, 0.29) is 18.1 Å². The van der Waals surface area contributed by atoms with Crippen molar-refractivity contribution in [1.82, 2.24) is 20.3 Å². The van der Waals surface area contributed by atoms with E-state index >= 15 is 0 Å². The van der Waals surface area contributed by atoms with Crippen molar-refractivity contribution in [3.8, 4) is 12.0 Å². The Bertz CT molecular complexity index is 538. The molecule has 0 radical (unpaired) electrons. The monoisotopic (exact) mass is 325 g/mol. The summed E-state index contributed by atoms with van der Waals surface area (Å²) in [5.74, 6) is 0.460. The molecule has 0 spiro atoms. The average Bonchev–Trinajstić information content (AvgIpc) is 2.93. The molecule has 9 heteroatoms. The van der Waals surface area contributed by atoms with E-state index in [0.717, 1.165) is 6.42 Å². The summed E-state index contributed by atoms with van der Waals surface area (Å²) in [6.07, 6.45) is 0.352. The molecule has 0 aromatic carbocycles. The molecule has 0 saturated carbocycles. The molecule has 1 aromatic rings. The molecule has 1 aliphatic heterocycles. The third-order valence-corrected chi connectivity index (χ3v) is 3.14. The van der Waals surface area contributed by atoms with Crippen LogP contribution in [-0.4, -0.2) is 60.0 Å². The highest BCUT2D eigenvalue weighted by molar-refractivity contribution is 5.68. The second kappa shape index (κ2) is 6.84. The number of anilines is 1. The maximum atomic E-state index is 11.8. The van der Waals surface area contributed by atoms with Crippen LogP contribution in [-0.2, 0) is 4.74 Å². The van der Waals surface area contributed by atoms with Crippen molar-refractivity contribution < 1.29 is 19.0 Å². The van der Waals surface area contributed by atoms with Crippen molar-refractivity contribution >= 4 is 12.0 Å². The summed E-state index contributed by atoms with van der Waals surface area (Å²) < 4.78 is 15.4. The molecule has 0 bridgehead atoms. The number of nitrogens with zero attached hydrogens (tertiary/aromatic N) is 4. The third kappa shape index (κ3) is 4.83. The Morgan fingerprint density at radius 1 is 1.17 bits per heavy atom. The van der Waals surface area contributed by atoms with Crippen LogP contribution in [0.4, 0.5) is 10.7 Å². The van der Waals surface area contributed by atoms with E-state index in [9.17, 15) is 4.79 Å². The van der Waals surface area contributed by atoms with Gasteiger partial charge in [-0.15, -0.1) is 4.98 Å². The number of hydrogen-bond donors (Lipinski definition) is 1. The van der Waals surface area contributed by atoms with E-state index in [2.05, 4.69) is 20.3 Å². The zero-order valence-corrected chi connectivity index (χ0v) is 14.1. The molecule has 1 aliphatic rings. The number of ether oxygens (including phenoxy) is 3. The number of methoxy groups -OCH3 is 2. The SMILES string of the molecule is COc1nc(OC)nc(N2CC[C@H](NC(=O)OC(C)(C)C)C2)n1. The number of carbonyl (C=O) groups excluding carboxylic acids is 1. The van der Waals surface area contributed by atoms with Gasteiger partial charge >= 0.3 is 18.1 Å². The van der Waals surface area contributed by atoms with Gasteiger partial charge in [-0.2, -0.15) is 9.97 Å². The fourth-order valence-corrected chi connectivity index (χ4v) is 2.19. The summed E-state index contributed by atoms with van der Waals surface area (Å²) in [4.78, 5) is 26.2. The van der Waals surface area contributed by atoms with Crippen molar-refractivity contribution in [3.05, 3.63) is 0 Å². The predicted octanol–water partition coefficient (Wildman–Crippen LogP) is 0.992. The van der Waals surface area contributed by atoms with Gasteiger partial charge in [0.25, 0.3) is 0 Å². The van der Waals surface area contributed by atoms with Crippen LogP contribution in [0, 0.1) is 0 Å². The number of carbonyl (C=O) groups is 1. The summed E-state index contributed by atoms with van der Waals surface area (Å²) in [6.45, 7) is 6.77. The van der Waals surface area contributed by atoms with E-state index in [1.54, 1.807) is 0 Å². The first-order chi connectivity index (χ1) is 10.8. The Morgan fingerprint density at radius 3 is 2.30 bits per heavy atom. The summed E-state index contributed by atoms with van der Waals surface area (Å²) in [5.41, 5.74) is -0.517. The van der Waals surface area contributed by atoms with Crippen molar-refractivity contribution in [1.29, 1.82) is 0 Å². The van der Waals surface area contributed by atoms with E-state index in [1.807, 2.05) is 25.7 Å². The highest BCUT2D eigenvalue weighted by atomic mass is 16.6. The summed E-state index contributed by atoms with van der Waals surface area (Å²) in [5, 5.41) is 2.86. The number of hydrogen-bond acceptors (Lipinski definition) is 8. The Kier molecular flexibility index (Phi) is 5.07. The highest BCUT2D eigenvalue weighted by Crippen LogP contribution is 2.20. The Hall–Kier alpha value is -2.32. The smallest absolute Gasteiger partial charge is 0.407 e. The van der Waals surface area contributed by atoms with E-state index in [1.165, 1.54) is 14.2 Å². The Labute approximate surface area is 135 Å². The molecule has 2 rings (SSSR count). The van der Waals surface area contributed by atoms with Crippen LogP contribution in [0.2, 0.25) is 0 Å². The summed E-state index contributed by atoms with van der Waals surface area (Å²) in [6, 6.07) is 0.351. The van der Waals surface area contributed by atoms with Gasteiger partial charge in [0.05, 0.1) is 20.3 Å². The number of alkyl carbamates (subject to hydrolysis) is 1. The second-order valence-corrected chi connectivity index (χ2v) is 6.19. The summed E-state index contributed by atoms with van der Waals surface area (Å²) >= 11 is 0. The number of aromatic nitrogens is 3. The first-order valence-electron chi connectivity index (χ1n) is 7.39. The molecule has 23 heavy (non-hydrogen) atoms. The molecule has 1 N–H and O–H groups in total. The predicted molar refractivity (Wildman–Crippen MR) is 82.9 cm³/mol. The van der Waals surface area contributed by atoms with Crippen molar-refractivity contribution in [2.45, 2.75) is 38.8 Å². The molecule has 1 fully saturated rings. The van der Waals surface area contributed by atoms with Gasteiger partial charge in [-0.1, -0.05) is 0 Å². The van der Waals surface area contributed by atoms with Crippen molar-refractivity contribution in [2.75, 3.05) is 32.2 Å². The molecule has 1 saturated heterocycles. The van der Waals surface area contributed by atoms with Crippen molar-refractivity contribution in [3.63, 3.8) is 0 Å². The Morgan fingerprint density at radius 2 is 1.78 bits per heavy atom. The van der Waals surface area contributed by atoms with E-state index in [4.69, 9.17) is 14.2 Å². The first-order valence-corrected chi connectivity index (χ1v) is 7.39. The van der Waals surface area contributed by atoms with Gasteiger partial charge in [-0.25, -0.2) is 4.79 Å². The molecule has 1 atom stereocenters. The number of amides is 1. The Balaban J connectivity index is 1.98. The van der Waals surface area contributed by atoms with Crippen LogP contribution in [0.1, 0.15) is 27.2 Å². The van der Waals surface area contributed by atoms with Crippen LogP contribution < -0.4 is 19.7 Å². The molecule has 0 aliphatic carbocycles. The van der Waals surface area contributed by atoms with E-state index < -0.39 is 11.7 Å². The molecular formula is C14H23N5O4. The quantitative estimate of drug-likeness (QED) is 0.875. The normalized spacial score (nSPS) is 17.8. The standard InChI is InChI=1S/C14H23N5O4/c1-14(2,3)23-13(20)15-9-6-7-19(8-9)10-16-11(21-4)18-12(17-10)22-5/h9H,6-8H2,1-5H3,(H,15,20)/t9-/m0/s1. The lowest BCUT2D eigenvalue weighted by molar-refractivity contribution is 0.0509. The molecule has 9 nitrogen and oxygen atoms in total. The zero-order chi connectivity index (χ0) is 17.0. The fraction of sp³-hybridized carbons (Fsp3) is 0.714. The fourth-order valence-electron chi connectivity index (χ4n) is 2.19. The number of nitrogens with one attached hydrogen (secondary N) is 1. The van der Waals surface area contributed by atoms with Gasteiger partial charge in [-0.05, 0) is 27.2 Å². The van der Waals surface area contributed by atoms with E-state index in [0.29, 0.717) is 19.0 Å². The minimum absolute atomic E-state index is 0.0291. The van der Waals surface area contributed by atoms with Gasteiger partial charge in [0, 0.05) is 13.1 Å². The van der Waals surface area contributed by atoms with Crippen LogP contribution in [0.15, 0.2) is 0 Å². The third-order valence-electron chi connectivity index (χ3n) is 3.14. The van der Waals surface area contributed by atoms with Crippen LogP contribution in [0.25, 0.3) is 0 Å². The minimum atomic E-state index is -0.517. The molecular weight excluding hydrogens is 302 g/mol. The minimum Gasteiger partial charge on any atom is -0.467 e. The van der Waals surface area contributed by atoms with Crippen LogP contribution in [0.5, 0.6) is 12.0 Å². The highest BCUT2D eigenvalue weighted by Gasteiger charge is 2.28. The molecule has 1 aromatic heterocycles. The summed E-state index contributed by atoms with van der Waals surface area (Å²) in [7, 11) is 2.96. The van der Waals surface area contributed by atoms with Crippen molar-refractivity contribution in [2.24, 2.45) is 0 Å². The van der Waals surface area contributed by atoms with Gasteiger partial charge < -0.3 is 24.4 Å². The maximum Gasteiger partial charge on any atom is 0.407 e. The largest absolute Gasteiger partial charge is 0.467 e. The van der Waals surface area contributed by atoms with Gasteiger partial charge in [0.2, 0.25) is 5.95 Å². The topological polar surface area (TPSA) is 98.7 Å².